The van der Waals surface area contributed by atoms with Crippen LogP contribution in [0.1, 0.15) is 12.0 Å². The third-order valence-electron chi connectivity index (χ3n) is 2.49. The van der Waals surface area contributed by atoms with Crippen molar-refractivity contribution in [2.24, 2.45) is 0 Å². The Bertz CT molecular complexity index is 781. The number of H-pyrrole nitrogens is 1. The summed E-state index contributed by atoms with van der Waals surface area (Å²) in [7, 11) is 0. The van der Waals surface area contributed by atoms with Crippen LogP contribution in [0.3, 0.4) is 0 Å². The molecule has 20 heavy (non-hydrogen) atoms. The van der Waals surface area contributed by atoms with Gasteiger partial charge in [-0.25, -0.2) is 4.68 Å². The Morgan fingerprint density at radius 1 is 1.40 bits per heavy atom. The van der Waals surface area contributed by atoms with E-state index in [0.717, 1.165) is 16.8 Å². The van der Waals surface area contributed by atoms with Gasteiger partial charge in [0.15, 0.2) is 0 Å². The molecule has 0 spiro atoms. The first-order valence-corrected chi connectivity index (χ1v) is 6.56. The molecular formula is C12H10N4O3S. The van der Waals surface area contributed by atoms with Crippen molar-refractivity contribution in [3.05, 3.63) is 49.9 Å². The molecule has 2 N–H and O–H groups in total. The first kappa shape index (κ1) is 13.8. The molecule has 7 nitrogen and oxygen atoms in total. The molecule has 102 valence electrons. The maximum Gasteiger partial charge on any atom is 0.265 e. The number of aryl methyl sites for hydroxylation is 1. The molecule has 2 aromatic rings. The van der Waals surface area contributed by atoms with Gasteiger partial charge in [0, 0.05) is 18.6 Å². The van der Waals surface area contributed by atoms with E-state index in [0.29, 0.717) is 10.6 Å². The normalized spacial score (nSPS) is 9.95. The van der Waals surface area contributed by atoms with Gasteiger partial charge in [-0.05, 0) is 11.4 Å². The maximum absolute atomic E-state index is 11.7. The highest BCUT2D eigenvalue weighted by Gasteiger charge is 2.08. The molecule has 8 heteroatoms. The van der Waals surface area contributed by atoms with E-state index < -0.39 is 5.56 Å². The summed E-state index contributed by atoms with van der Waals surface area (Å²) in [5, 5.41) is 15.9. The average molecular weight is 290 g/mol. The second-order valence-electron chi connectivity index (χ2n) is 3.87. The molecule has 0 unspecified atom stereocenters. The van der Waals surface area contributed by atoms with Crippen molar-refractivity contribution in [1.29, 1.82) is 5.26 Å². The van der Waals surface area contributed by atoms with Gasteiger partial charge in [-0.15, -0.1) is 11.3 Å². The van der Waals surface area contributed by atoms with Crippen molar-refractivity contribution in [3.63, 3.8) is 0 Å². The summed E-state index contributed by atoms with van der Waals surface area (Å²) < 4.78 is 1.07. The van der Waals surface area contributed by atoms with E-state index in [4.69, 9.17) is 5.26 Å². The minimum Gasteiger partial charge on any atom is -0.317 e. The van der Waals surface area contributed by atoms with E-state index in [1.54, 1.807) is 11.4 Å². The van der Waals surface area contributed by atoms with Crippen molar-refractivity contribution in [3.8, 4) is 6.07 Å². The van der Waals surface area contributed by atoms with E-state index in [1.165, 1.54) is 11.3 Å². The van der Waals surface area contributed by atoms with Crippen molar-refractivity contribution in [2.75, 3.05) is 5.32 Å². The number of anilines is 1. The zero-order valence-corrected chi connectivity index (χ0v) is 11.1. The van der Waals surface area contributed by atoms with Crippen molar-refractivity contribution >= 4 is 22.2 Å². The molecule has 2 heterocycles. The number of thiophene rings is 1. The number of aromatic amines is 1. The highest BCUT2D eigenvalue weighted by molar-refractivity contribution is 7.14. The van der Waals surface area contributed by atoms with Crippen LogP contribution < -0.4 is 16.4 Å². The topological polar surface area (TPSA) is 108 Å². The molecule has 0 aliphatic heterocycles. The maximum atomic E-state index is 11.7. The standard InChI is InChI=1S/C12H10N4O3S/c13-7-8-4-6-20-12(8)14-9(17)3-5-16-11(19)2-1-10(18)15-16/h1-2,4,6H,3,5H2,(H,14,17)(H,15,18). The number of rotatable bonds is 4. The summed E-state index contributed by atoms with van der Waals surface area (Å²) in [6.07, 6.45) is 0.0165. The second kappa shape index (κ2) is 5.99. The first-order valence-electron chi connectivity index (χ1n) is 5.68. The van der Waals surface area contributed by atoms with Gasteiger partial charge in [0.05, 0.1) is 12.1 Å². The molecular weight excluding hydrogens is 280 g/mol. The minimum atomic E-state index is -0.407. The van der Waals surface area contributed by atoms with Gasteiger partial charge in [-0.1, -0.05) is 0 Å². The number of amides is 1. The van der Waals surface area contributed by atoms with E-state index in [2.05, 4.69) is 10.4 Å². The Hall–Kier alpha value is -2.66. The van der Waals surface area contributed by atoms with Gasteiger partial charge < -0.3 is 5.32 Å². The number of nitrogens with one attached hydrogen (secondary N) is 2. The second-order valence-corrected chi connectivity index (χ2v) is 4.79. The number of aromatic nitrogens is 2. The summed E-state index contributed by atoms with van der Waals surface area (Å²) in [5.41, 5.74) is -0.394. The molecule has 0 saturated carbocycles. The van der Waals surface area contributed by atoms with Crippen LogP contribution >= 0.6 is 11.3 Å². The number of nitriles is 1. The molecule has 0 saturated heterocycles. The smallest absolute Gasteiger partial charge is 0.265 e. The van der Waals surface area contributed by atoms with Gasteiger partial charge in [-0.2, -0.15) is 5.26 Å². The number of carbonyl (C=O) groups is 1. The Morgan fingerprint density at radius 2 is 2.20 bits per heavy atom. The average Bonchev–Trinajstić information content (AvgIpc) is 2.87. The van der Waals surface area contributed by atoms with Crippen molar-refractivity contribution in [2.45, 2.75) is 13.0 Å². The Kier molecular flexibility index (Phi) is 4.12. The van der Waals surface area contributed by atoms with Crippen LogP contribution in [0.4, 0.5) is 5.00 Å². The number of hydrogen-bond donors (Lipinski definition) is 2. The first-order chi connectivity index (χ1) is 9.60. The van der Waals surface area contributed by atoms with Crippen LogP contribution in [0.2, 0.25) is 0 Å². The molecule has 0 bridgehead atoms. The van der Waals surface area contributed by atoms with Gasteiger partial charge in [0.2, 0.25) is 5.91 Å². The predicted molar refractivity (Wildman–Crippen MR) is 73.6 cm³/mol. The SMILES string of the molecule is N#Cc1ccsc1NC(=O)CCn1[nH]c(=O)ccc1=O. The van der Waals surface area contributed by atoms with Crippen LogP contribution in [-0.2, 0) is 11.3 Å². The summed E-state index contributed by atoms with van der Waals surface area (Å²) in [4.78, 5) is 34.2. The number of nitrogens with zero attached hydrogens (tertiary/aromatic N) is 2. The van der Waals surface area contributed by atoms with Crippen molar-refractivity contribution in [1.82, 2.24) is 9.78 Å². The predicted octanol–water partition coefficient (Wildman–Crippen LogP) is 0.499. The Morgan fingerprint density at radius 3 is 2.95 bits per heavy atom. The number of hydrogen-bond acceptors (Lipinski definition) is 5. The van der Waals surface area contributed by atoms with E-state index in [9.17, 15) is 14.4 Å². The molecule has 0 atom stereocenters. The van der Waals surface area contributed by atoms with Crippen LogP contribution in [0.25, 0.3) is 0 Å². The minimum absolute atomic E-state index is 0.0165. The van der Waals surface area contributed by atoms with Crippen LogP contribution in [-0.4, -0.2) is 15.7 Å². The molecule has 0 fully saturated rings. The fraction of sp³-hybridized carbons (Fsp3) is 0.167. The third-order valence-corrected chi connectivity index (χ3v) is 3.32. The van der Waals surface area contributed by atoms with Crippen LogP contribution in [0.15, 0.2) is 33.2 Å². The van der Waals surface area contributed by atoms with Crippen molar-refractivity contribution < 1.29 is 4.79 Å². The fourth-order valence-corrected chi connectivity index (χ4v) is 2.28. The molecule has 0 radical (unpaired) electrons. The van der Waals surface area contributed by atoms with Gasteiger partial charge in [0.25, 0.3) is 11.1 Å². The van der Waals surface area contributed by atoms with Gasteiger partial charge >= 0.3 is 0 Å². The van der Waals surface area contributed by atoms with Gasteiger partial charge in [-0.3, -0.25) is 19.5 Å². The molecule has 2 rings (SSSR count). The molecule has 1 amide bonds. The Labute approximate surface area is 117 Å². The molecule has 0 aromatic carbocycles. The highest BCUT2D eigenvalue weighted by Crippen LogP contribution is 2.22. The molecule has 0 aliphatic carbocycles. The van der Waals surface area contributed by atoms with Crippen LogP contribution in [0, 0.1) is 11.3 Å². The highest BCUT2D eigenvalue weighted by atomic mass is 32.1. The largest absolute Gasteiger partial charge is 0.317 e. The van der Waals surface area contributed by atoms with E-state index in [-0.39, 0.29) is 24.4 Å². The lowest BCUT2D eigenvalue weighted by atomic mass is 10.3. The van der Waals surface area contributed by atoms with Crippen LogP contribution in [0.5, 0.6) is 0 Å². The lowest BCUT2D eigenvalue weighted by Gasteiger charge is -2.05. The van der Waals surface area contributed by atoms with Gasteiger partial charge in [0.1, 0.15) is 11.1 Å². The Balaban J connectivity index is 1.99. The monoisotopic (exact) mass is 290 g/mol. The molecule has 2 aromatic heterocycles. The lowest BCUT2D eigenvalue weighted by Crippen LogP contribution is -2.29. The molecule has 0 aliphatic rings. The lowest BCUT2D eigenvalue weighted by molar-refractivity contribution is -0.116. The van der Waals surface area contributed by atoms with E-state index >= 15 is 0 Å². The summed E-state index contributed by atoms with van der Waals surface area (Å²) in [6, 6.07) is 5.85. The quantitative estimate of drug-likeness (QED) is 0.854. The summed E-state index contributed by atoms with van der Waals surface area (Å²) in [5.74, 6) is -0.333. The number of carbonyl (C=O) groups excluding carboxylic acids is 1. The zero-order valence-electron chi connectivity index (χ0n) is 10.3. The summed E-state index contributed by atoms with van der Waals surface area (Å²) in [6.45, 7) is 0.0635. The fourth-order valence-electron chi connectivity index (χ4n) is 1.53. The zero-order chi connectivity index (χ0) is 14.5. The third kappa shape index (κ3) is 3.21. The van der Waals surface area contributed by atoms with E-state index in [1.807, 2.05) is 6.07 Å². The summed E-state index contributed by atoms with van der Waals surface area (Å²) >= 11 is 1.25.